The number of hydrogen-bond acceptors (Lipinski definition) is 4. The highest BCUT2D eigenvalue weighted by molar-refractivity contribution is 7.92. The number of carbonyl (C=O) groups excluding carboxylic acids is 1. The van der Waals surface area contributed by atoms with Crippen molar-refractivity contribution in [3.63, 3.8) is 0 Å². The van der Waals surface area contributed by atoms with Gasteiger partial charge in [-0.15, -0.1) is 0 Å². The van der Waals surface area contributed by atoms with Gasteiger partial charge in [0.05, 0.1) is 24.0 Å². The molecule has 9 heteroatoms. The van der Waals surface area contributed by atoms with Crippen LogP contribution in [0.15, 0.2) is 18.2 Å². The maximum Gasteiger partial charge on any atom is 0.262 e. The van der Waals surface area contributed by atoms with E-state index in [0.29, 0.717) is 16.9 Å². The van der Waals surface area contributed by atoms with Crippen LogP contribution < -0.4 is 15.4 Å². The van der Waals surface area contributed by atoms with Gasteiger partial charge in [0.2, 0.25) is 15.9 Å². The number of alkyl halides is 2. The molecule has 1 amide bonds. The monoisotopic (exact) mass is 347 g/mol. The molecular formula is C14H19F2N3O3S. The molecule has 3 N–H and O–H groups in total. The summed E-state index contributed by atoms with van der Waals surface area (Å²) in [5.74, 6) is -3.46. The lowest BCUT2D eigenvalue weighted by Crippen LogP contribution is -2.35. The van der Waals surface area contributed by atoms with Gasteiger partial charge in [-0.1, -0.05) is 0 Å². The minimum absolute atomic E-state index is 0.0491. The summed E-state index contributed by atoms with van der Waals surface area (Å²) < 4.78 is 51.7. The summed E-state index contributed by atoms with van der Waals surface area (Å²) in [6, 6.07) is 3.68. The summed E-state index contributed by atoms with van der Waals surface area (Å²) in [5, 5.41) is 5.03. The second-order valence-electron chi connectivity index (χ2n) is 5.52. The number of benzene rings is 1. The zero-order valence-corrected chi connectivity index (χ0v) is 13.6. The third-order valence-corrected chi connectivity index (χ3v) is 4.86. The average molecular weight is 347 g/mol. The van der Waals surface area contributed by atoms with Crippen LogP contribution >= 0.6 is 0 Å². The molecule has 128 valence electrons. The van der Waals surface area contributed by atoms with Gasteiger partial charge in [-0.2, -0.15) is 0 Å². The van der Waals surface area contributed by atoms with Gasteiger partial charge in [0, 0.05) is 12.1 Å². The van der Waals surface area contributed by atoms with Gasteiger partial charge in [-0.3, -0.25) is 14.8 Å². The van der Waals surface area contributed by atoms with Crippen LogP contribution in [0.3, 0.4) is 0 Å². The van der Waals surface area contributed by atoms with Crippen molar-refractivity contribution in [3.8, 4) is 0 Å². The van der Waals surface area contributed by atoms with Crippen LogP contribution in [-0.4, -0.2) is 38.6 Å². The first-order chi connectivity index (χ1) is 10.6. The average Bonchev–Trinajstić information content (AvgIpc) is 2.82. The largest absolute Gasteiger partial charge is 0.325 e. The lowest BCUT2D eigenvalue weighted by atomic mass is 10.1. The van der Waals surface area contributed by atoms with Crippen LogP contribution in [0.25, 0.3) is 0 Å². The van der Waals surface area contributed by atoms with Gasteiger partial charge in [-0.25, -0.2) is 17.2 Å². The maximum absolute atomic E-state index is 13.1. The highest BCUT2D eigenvalue weighted by Crippen LogP contribution is 2.26. The number of rotatable bonds is 5. The van der Waals surface area contributed by atoms with Gasteiger partial charge in [0.1, 0.15) is 0 Å². The van der Waals surface area contributed by atoms with Gasteiger partial charge in [-0.05, 0) is 37.6 Å². The third-order valence-electron chi connectivity index (χ3n) is 3.57. The van der Waals surface area contributed by atoms with Crippen LogP contribution in [0, 0.1) is 6.92 Å². The molecule has 1 heterocycles. The van der Waals surface area contributed by atoms with Gasteiger partial charge in [0.25, 0.3) is 5.92 Å². The van der Waals surface area contributed by atoms with E-state index >= 15 is 0 Å². The van der Waals surface area contributed by atoms with Crippen molar-refractivity contribution in [1.82, 2.24) is 5.32 Å². The van der Waals surface area contributed by atoms with E-state index in [-0.39, 0.29) is 5.75 Å². The lowest BCUT2D eigenvalue weighted by molar-refractivity contribution is -0.118. The second kappa shape index (κ2) is 6.40. The summed E-state index contributed by atoms with van der Waals surface area (Å²) in [7, 11) is -3.39. The number of nitrogens with one attached hydrogen (secondary N) is 3. The Bertz CT molecular complexity index is 707. The van der Waals surface area contributed by atoms with Crippen LogP contribution in [0.2, 0.25) is 0 Å². The van der Waals surface area contributed by atoms with E-state index in [4.69, 9.17) is 0 Å². The zero-order valence-electron chi connectivity index (χ0n) is 12.8. The predicted molar refractivity (Wildman–Crippen MR) is 84.2 cm³/mol. The number of anilines is 2. The van der Waals surface area contributed by atoms with Crippen molar-refractivity contribution >= 4 is 27.3 Å². The smallest absolute Gasteiger partial charge is 0.262 e. The molecule has 1 aromatic rings. The fourth-order valence-corrected chi connectivity index (χ4v) is 2.93. The Morgan fingerprint density at radius 2 is 2.13 bits per heavy atom. The van der Waals surface area contributed by atoms with E-state index in [1.165, 1.54) is 19.1 Å². The van der Waals surface area contributed by atoms with E-state index in [0.717, 1.165) is 0 Å². The fourth-order valence-electron chi connectivity index (χ4n) is 2.23. The highest BCUT2D eigenvalue weighted by atomic mass is 32.2. The van der Waals surface area contributed by atoms with Crippen molar-refractivity contribution in [2.45, 2.75) is 32.2 Å². The number of carbonyl (C=O) groups is 1. The number of sulfonamides is 1. The molecule has 0 spiro atoms. The molecule has 23 heavy (non-hydrogen) atoms. The van der Waals surface area contributed by atoms with Gasteiger partial charge in [0.15, 0.2) is 0 Å². The Balaban J connectivity index is 2.05. The highest BCUT2D eigenvalue weighted by Gasteiger charge is 2.42. The molecule has 1 aromatic carbocycles. The summed E-state index contributed by atoms with van der Waals surface area (Å²) in [4.78, 5) is 12.0. The summed E-state index contributed by atoms with van der Waals surface area (Å²) >= 11 is 0. The molecule has 0 radical (unpaired) electrons. The van der Waals surface area contributed by atoms with Crippen LogP contribution in [-0.2, 0) is 14.8 Å². The number of halogens is 2. The first kappa shape index (κ1) is 17.6. The minimum atomic E-state index is -3.39. The van der Waals surface area contributed by atoms with E-state index in [1.807, 2.05) is 0 Å². The number of aryl methyl sites for hydroxylation is 1. The van der Waals surface area contributed by atoms with Crippen molar-refractivity contribution in [2.75, 3.05) is 22.3 Å². The number of hydrogen-bond donors (Lipinski definition) is 3. The van der Waals surface area contributed by atoms with Crippen molar-refractivity contribution < 1.29 is 22.0 Å². The molecule has 6 nitrogen and oxygen atoms in total. The number of amides is 1. The molecule has 0 bridgehead atoms. The van der Waals surface area contributed by atoms with E-state index in [9.17, 15) is 22.0 Å². The molecule has 0 saturated carbocycles. The van der Waals surface area contributed by atoms with Crippen molar-refractivity contribution in [1.29, 1.82) is 0 Å². The Labute approximate surface area is 133 Å². The predicted octanol–water partition coefficient (Wildman–Crippen LogP) is 1.69. The van der Waals surface area contributed by atoms with E-state index in [1.54, 1.807) is 13.0 Å². The molecule has 0 aromatic heterocycles. The first-order valence-electron chi connectivity index (χ1n) is 7.15. The maximum atomic E-state index is 13.1. The van der Waals surface area contributed by atoms with Crippen LogP contribution in [0.1, 0.15) is 18.9 Å². The second-order valence-corrected chi connectivity index (χ2v) is 7.53. The SMILES string of the molecule is CCS(=O)(=O)Nc1ccc(NC(=O)C2CC(F)(F)CN2)cc1C. The fraction of sp³-hybridized carbons (Fsp3) is 0.500. The molecule has 1 aliphatic heterocycles. The molecule has 1 atom stereocenters. The Morgan fingerprint density at radius 1 is 1.43 bits per heavy atom. The van der Waals surface area contributed by atoms with Gasteiger partial charge < -0.3 is 5.32 Å². The Hall–Kier alpha value is -1.74. The van der Waals surface area contributed by atoms with Crippen LogP contribution in [0.5, 0.6) is 0 Å². The third kappa shape index (κ3) is 4.61. The summed E-state index contributed by atoms with van der Waals surface area (Å²) in [6.45, 7) is 2.70. The molecule has 2 rings (SSSR count). The minimum Gasteiger partial charge on any atom is -0.325 e. The Kier molecular flexibility index (Phi) is 4.90. The summed E-state index contributed by atoms with van der Waals surface area (Å²) in [6.07, 6.45) is -0.536. The zero-order chi connectivity index (χ0) is 17.3. The Morgan fingerprint density at radius 3 is 2.65 bits per heavy atom. The quantitative estimate of drug-likeness (QED) is 0.756. The molecule has 1 unspecified atom stereocenters. The van der Waals surface area contributed by atoms with Crippen molar-refractivity contribution in [3.05, 3.63) is 23.8 Å². The van der Waals surface area contributed by atoms with E-state index in [2.05, 4.69) is 15.4 Å². The van der Waals surface area contributed by atoms with Crippen LogP contribution in [0.4, 0.5) is 20.2 Å². The molecule has 1 fully saturated rings. The topological polar surface area (TPSA) is 87.3 Å². The normalized spacial score (nSPS) is 20.3. The molecule has 0 aliphatic carbocycles. The lowest BCUT2D eigenvalue weighted by Gasteiger charge is -2.14. The molecule has 1 saturated heterocycles. The van der Waals surface area contributed by atoms with Gasteiger partial charge >= 0.3 is 0 Å². The molecular weight excluding hydrogens is 328 g/mol. The molecule has 1 aliphatic rings. The van der Waals surface area contributed by atoms with Crippen molar-refractivity contribution in [2.24, 2.45) is 0 Å². The summed E-state index contributed by atoms with van der Waals surface area (Å²) in [5.41, 5.74) is 1.45. The standard InChI is InChI=1S/C14H19F2N3O3S/c1-3-23(21,22)19-11-5-4-10(6-9(11)2)18-13(20)12-7-14(15,16)8-17-12/h4-6,12,17,19H,3,7-8H2,1-2H3,(H,18,20). The van der Waals surface area contributed by atoms with E-state index < -0.39 is 40.9 Å². The first-order valence-corrected chi connectivity index (χ1v) is 8.80.